The van der Waals surface area contributed by atoms with Crippen LogP contribution in [0.15, 0.2) is 66.0 Å². The summed E-state index contributed by atoms with van der Waals surface area (Å²) >= 11 is 8.35. The lowest BCUT2D eigenvalue weighted by atomic mass is 9.95. The van der Waals surface area contributed by atoms with Crippen LogP contribution in [0.5, 0.6) is 5.75 Å². The van der Waals surface area contributed by atoms with Gasteiger partial charge >= 0.3 is 0 Å². The molecule has 0 saturated heterocycles. The molecule has 3 aromatic carbocycles. The minimum Gasteiger partial charge on any atom is -0.489 e. The molecule has 39 heavy (non-hydrogen) atoms. The second-order valence-corrected chi connectivity index (χ2v) is 10.4. The number of rotatable bonds is 9. The lowest BCUT2D eigenvalue weighted by Gasteiger charge is -2.13. The number of nitriles is 1. The zero-order chi connectivity index (χ0) is 27.2. The molecule has 0 aliphatic rings. The van der Waals surface area contributed by atoms with Gasteiger partial charge in [0.1, 0.15) is 12.4 Å². The first-order valence-corrected chi connectivity index (χ1v) is 13.9. The topological polar surface area (TPSA) is 76.6 Å². The number of ether oxygens (including phenoxy) is 1. The molecule has 1 unspecified atom stereocenters. The van der Waals surface area contributed by atoms with Crippen molar-refractivity contribution >= 4 is 33.0 Å². The smallest absolute Gasteiger partial charge is 0.152 e. The van der Waals surface area contributed by atoms with E-state index in [1.54, 1.807) is 16.0 Å². The van der Waals surface area contributed by atoms with Crippen LogP contribution in [-0.2, 0) is 19.6 Å². The highest BCUT2D eigenvalue weighted by atomic mass is 35.5. The van der Waals surface area contributed by atoms with E-state index in [4.69, 9.17) is 21.6 Å². The van der Waals surface area contributed by atoms with Crippen LogP contribution >= 0.6 is 22.9 Å². The number of nitrogens with zero attached hydrogens (tertiary/aromatic N) is 5. The van der Waals surface area contributed by atoms with E-state index in [0.29, 0.717) is 31.8 Å². The number of fused-ring (bicyclic) bond motifs is 1. The average Bonchev–Trinajstić information content (AvgIpc) is 3.58. The molecule has 0 radical (unpaired) electrons. The fourth-order valence-electron chi connectivity index (χ4n) is 4.59. The summed E-state index contributed by atoms with van der Waals surface area (Å²) in [5, 5.41) is 24.9. The van der Waals surface area contributed by atoms with Gasteiger partial charge in [0.25, 0.3) is 0 Å². The van der Waals surface area contributed by atoms with E-state index in [9.17, 15) is 0 Å². The zero-order valence-corrected chi connectivity index (χ0v) is 23.3. The summed E-state index contributed by atoms with van der Waals surface area (Å²) in [6.45, 7) is 4.82. The SMILES string of the molecule is CC#CC(Cc1nnnn1CCC#N)c1ccc(OCc2cc(Cl)c3scc(-c4ccccc4C)c3c2)cc1. The Hall–Kier alpha value is -4.17. The Morgan fingerprint density at radius 1 is 1.10 bits per heavy atom. The van der Waals surface area contributed by atoms with Crippen LogP contribution in [0.4, 0.5) is 0 Å². The molecule has 0 saturated carbocycles. The molecule has 0 bridgehead atoms. The van der Waals surface area contributed by atoms with Gasteiger partial charge in [-0.1, -0.05) is 53.9 Å². The van der Waals surface area contributed by atoms with Crippen molar-refractivity contribution in [1.82, 2.24) is 20.2 Å². The summed E-state index contributed by atoms with van der Waals surface area (Å²) in [6.07, 6.45) is 0.911. The van der Waals surface area contributed by atoms with Crippen molar-refractivity contribution in [2.75, 3.05) is 0 Å². The molecule has 5 aromatic rings. The molecule has 0 N–H and O–H groups in total. The van der Waals surface area contributed by atoms with Crippen LogP contribution in [0, 0.1) is 30.1 Å². The Bertz CT molecular complexity index is 1710. The molecule has 0 spiro atoms. The maximum absolute atomic E-state index is 8.89. The summed E-state index contributed by atoms with van der Waals surface area (Å²) in [5.41, 5.74) is 5.72. The van der Waals surface area contributed by atoms with Gasteiger partial charge in [0.05, 0.1) is 34.7 Å². The lowest BCUT2D eigenvalue weighted by molar-refractivity contribution is 0.306. The van der Waals surface area contributed by atoms with Gasteiger partial charge in [-0.25, -0.2) is 4.68 Å². The molecule has 8 heteroatoms. The third-order valence-electron chi connectivity index (χ3n) is 6.56. The molecule has 2 aromatic heterocycles. The number of hydrogen-bond acceptors (Lipinski definition) is 6. The Labute approximate surface area is 236 Å². The van der Waals surface area contributed by atoms with Crippen molar-refractivity contribution in [2.24, 2.45) is 0 Å². The van der Waals surface area contributed by atoms with Gasteiger partial charge in [0.15, 0.2) is 5.82 Å². The minimum absolute atomic E-state index is 0.0736. The molecule has 0 aliphatic carbocycles. The number of halogens is 1. The number of benzene rings is 3. The Morgan fingerprint density at radius 2 is 1.92 bits per heavy atom. The average molecular weight is 552 g/mol. The summed E-state index contributed by atoms with van der Waals surface area (Å²) < 4.78 is 8.91. The van der Waals surface area contributed by atoms with Crippen LogP contribution < -0.4 is 4.74 Å². The van der Waals surface area contributed by atoms with E-state index in [-0.39, 0.29) is 5.92 Å². The normalized spacial score (nSPS) is 11.5. The van der Waals surface area contributed by atoms with Gasteiger partial charge in [-0.2, -0.15) is 5.26 Å². The highest BCUT2D eigenvalue weighted by Crippen LogP contribution is 2.40. The standard InChI is InChI=1S/C31H26ClN5OS/c1-3-7-24(18-30-34-35-36-37(30)15-6-14-33)23-10-12-25(13-11-23)38-19-22-16-27-28(20-39-31(27)29(32)17-22)26-9-5-4-8-21(26)2/h4-5,8-13,16-17,20,24H,6,15,18-19H2,1-2H3. The Balaban J connectivity index is 1.31. The van der Waals surface area contributed by atoms with Crippen molar-refractivity contribution in [3.05, 3.63) is 93.6 Å². The van der Waals surface area contributed by atoms with E-state index in [1.807, 2.05) is 37.3 Å². The van der Waals surface area contributed by atoms with Crippen molar-refractivity contribution in [2.45, 2.75) is 45.8 Å². The largest absolute Gasteiger partial charge is 0.489 e. The van der Waals surface area contributed by atoms with Crippen LogP contribution in [0.3, 0.4) is 0 Å². The zero-order valence-electron chi connectivity index (χ0n) is 21.7. The van der Waals surface area contributed by atoms with Gasteiger partial charge in [-0.3, -0.25) is 0 Å². The molecular formula is C31H26ClN5OS. The monoisotopic (exact) mass is 551 g/mol. The van der Waals surface area contributed by atoms with Crippen molar-refractivity contribution < 1.29 is 4.74 Å². The van der Waals surface area contributed by atoms with Crippen molar-refractivity contribution in [1.29, 1.82) is 5.26 Å². The van der Waals surface area contributed by atoms with Crippen LogP contribution in [0.1, 0.15) is 41.8 Å². The van der Waals surface area contributed by atoms with E-state index in [0.717, 1.165) is 32.0 Å². The van der Waals surface area contributed by atoms with Gasteiger partial charge < -0.3 is 4.74 Å². The quantitative estimate of drug-likeness (QED) is 0.179. The number of thiophene rings is 1. The second kappa shape index (κ2) is 12.1. The molecule has 0 aliphatic heterocycles. The minimum atomic E-state index is -0.0736. The number of aromatic nitrogens is 4. The summed E-state index contributed by atoms with van der Waals surface area (Å²) in [4.78, 5) is 0. The highest BCUT2D eigenvalue weighted by Gasteiger charge is 2.16. The lowest BCUT2D eigenvalue weighted by Crippen LogP contribution is -2.10. The first-order chi connectivity index (χ1) is 19.1. The number of hydrogen-bond donors (Lipinski definition) is 0. The summed E-state index contributed by atoms with van der Waals surface area (Å²) in [7, 11) is 0. The number of aryl methyl sites for hydroxylation is 2. The molecule has 194 valence electrons. The molecular weight excluding hydrogens is 526 g/mol. The molecule has 0 amide bonds. The predicted octanol–water partition coefficient (Wildman–Crippen LogP) is 7.36. The maximum atomic E-state index is 8.89. The van der Waals surface area contributed by atoms with Crippen LogP contribution in [0.25, 0.3) is 21.2 Å². The first-order valence-electron chi connectivity index (χ1n) is 12.6. The molecule has 2 heterocycles. The predicted molar refractivity (Wildman–Crippen MR) is 156 cm³/mol. The fraction of sp³-hybridized carbons (Fsp3) is 0.226. The Morgan fingerprint density at radius 3 is 2.69 bits per heavy atom. The van der Waals surface area contributed by atoms with Gasteiger partial charge in [0.2, 0.25) is 0 Å². The van der Waals surface area contributed by atoms with Crippen LogP contribution in [0.2, 0.25) is 5.02 Å². The van der Waals surface area contributed by atoms with Gasteiger partial charge in [0, 0.05) is 17.4 Å². The van der Waals surface area contributed by atoms with Crippen LogP contribution in [-0.4, -0.2) is 20.2 Å². The van der Waals surface area contributed by atoms with Crippen molar-refractivity contribution in [3.63, 3.8) is 0 Å². The maximum Gasteiger partial charge on any atom is 0.152 e. The Kier molecular flexibility index (Phi) is 8.22. The number of tetrazole rings is 1. The third kappa shape index (κ3) is 5.96. The highest BCUT2D eigenvalue weighted by molar-refractivity contribution is 7.18. The summed E-state index contributed by atoms with van der Waals surface area (Å²) in [5.74, 6) is 7.68. The molecule has 0 fully saturated rings. The first kappa shape index (κ1) is 26.4. The van der Waals surface area contributed by atoms with Crippen molar-refractivity contribution in [3.8, 4) is 34.8 Å². The summed E-state index contributed by atoms with van der Waals surface area (Å²) in [6, 6.07) is 22.7. The molecule has 5 rings (SSSR count). The molecule has 6 nitrogen and oxygen atoms in total. The van der Waals surface area contributed by atoms with E-state index >= 15 is 0 Å². The second-order valence-electron chi connectivity index (χ2n) is 9.15. The van der Waals surface area contributed by atoms with E-state index < -0.39 is 0 Å². The van der Waals surface area contributed by atoms with E-state index in [2.05, 4.69) is 76.1 Å². The third-order valence-corrected chi connectivity index (χ3v) is 8.00. The van der Waals surface area contributed by atoms with Gasteiger partial charge in [-0.15, -0.1) is 22.4 Å². The molecule has 1 atom stereocenters. The van der Waals surface area contributed by atoms with Gasteiger partial charge in [-0.05, 0) is 76.2 Å². The van der Waals surface area contributed by atoms with E-state index in [1.165, 1.54) is 16.7 Å². The fourth-order valence-corrected chi connectivity index (χ4v) is 5.92.